The van der Waals surface area contributed by atoms with Gasteiger partial charge in [-0.1, -0.05) is 5.21 Å². The lowest BCUT2D eigenvalue weighted by molar-refractivity contribution is -0.122. The van der Waals surface area contributed by atoms with Crippen LogP contribution < -0.4 is 5.32 Å². The highest BCUT2D eigenvalue weighted by atomic mass is 32.2. The van der Waals surface area contributed by atoms with E-state index in [1.165, 1.54) is 4.31 Å². The molecule has 0 saturated carbocycles. The van der Waals surface area contributed by atoms with Gasteiger partial charge in [0.25, 0.3) is 0 Å². The summed E-state index contributed by atoms with van der Waals surface area (Å²) < 4.78 is 28.4. The van der Waals surface area contributed by atoms with E-state index < -0.39 is 10.0 Å². The molecule has 3 rings (SSSR count). The summed E-state index contributed by atoms with van der Waals surface area (Å²) in [6.07, 6.45) is 2.08. The molecule has 2 heterocycles. The number of carbonyl (C=O) groups excluding carboxylic acids is 1. The number of rotatable bonds is 5. The van der Waals surface area contributed by atoms with Gasteiger partial charge in [0.1, 0.15) is 5.52 Å². The zero-order valence-corrected chi connectivity index (χ0v) is 16.2. The largest absolute Gasteiger partial charge is 0.351 e. The van der Waals surface area contributed by atoms with Crippen molar-refractivity contribution in [3.05, 3.63) is 18.2 Å². The highest BCUT2D eigenvalue weighted by Crippen LogP contribution is 2.23. The third kappa shape index (κ3) is 4.04. The van der Waals surface area contributed by atoms with Crippen LogP contribution in [0, 0.1) is 0 Å². The number of fused-ring (bicyclic) bond motifs is 1. The number of hydrogen-bond donors (Lipinski definition) is 1. The summed E-state index contributed by atoms with van der Waals surface area (Å²) in [5.41, 5.74) is 0.954. The smallest absolute Gasteiger partial charge is 0.243 e. The first-order valence-electron chi connectivity index (χ1n) is 8.81. The average Bonchev–Trinajstić information content (AvgIpc) is 3.21. The number of aromatic nitrogens is 3. The number of hydrogen-bond acceptors (Lipinski definition) is 5. The Bertz CT molecular complexity index is 908. The van der Waals surface area contributed by atoms with Gasteiger partial charge in [-0.15, -0.1) is 5.10 Å². The first kappa shape index (κ1) is 18.8. The van der Waals surface area contributed by atoms with E-state index in [2.05, 4.69) is 15.6 Å². The first-order chi connectivity index (χ1) is 12.2. The molecule has 1 fully saturated rings. The molecule has 0 bridgehead atoms. The Balaban J connectivity index is 1.76. The Kier molecular flexibility index (Phi) is 5.03. The van der Waals surface area contributed by atoms with E-state index in [9.17, 15) is 13.2 Å². The standard InChI is InChI=1S/C17H25N5O3S/c1-17(2,3)18-16(23)8-11-22-15-7-6-13(12-14(15)19-20-22)26(24,25)21-9-4-5-10-21/h6-7,12H,4-5,8-11H2,1-3H3,(H,18,23). The molecule has 2 aromatic rings. The van der Waals surface area contributed by atoms with E-state index in [0.29, 0.717) is 30.7 Å². The predicted molar refractivity (Wildman–Crippen MR) is 98.0 cm³/mol. The highest BCUT2D eigenvalue weighted by Gasteiger charge is 2.27. The van der Waals surface area contributed by atoms with Gasteiger partial charge < -0.3 is 5.32 Å². The van der Waals surface area contributed by atoms with Crippen LogP contribution in [0.15, 0.2) is 23.1 Å². The fraction of sp³-hybridized carbons (Fsp3) is 0.588. The van der Waals surface area contributed by atoms with Crippen molar-refractivity contribution in [2.45, 2.75) is 57.0 Å². The minimum atomic E-state index is -3.47. The number of amides is 1. The van der Waals surface area contributed by atoms with Crippen molar-refractivity contribution in [3.63, 3.8) is 0 Å². The summed E-state index contributed by atoms with van der Waals surface area (Å²) in [6.45, 7) is 7.30. The second-order valence-electron chi connectivity index (χ2n) is 7.62. The summed E-state index contributed by atoms with van der Waals surface area (Å²) in [7, 11) is -3.47. The lowest BCUT2D eigenvalue weighted by atomic mass is 10.1. The fourth-order valence-corrected chi connectivity index (χ4v) is 4.58. The van der Waals surface area contributed by atoms with E-state index >= 15 is 0 Å². The van der Waals surface area contributed by atoms with Gasteiger partial charge in [0.2, 0.25) is 15.9 Å². The maximum atomic E-state index is 12.7. The van der Waals surface area contributed by atoms with Crippen molar-refractivity contribution in [2.24, 2.45) is 0 Å². The Labute approximate surface area is 153 Å². The van der Waals surface area contributed by atoms with Crippen LogP contribution in [0.3, 0.4) is 0 Å². The van der Waals surface area contributed by atoms with Gasteiger partial charge >= 0.3 is 0 Å². The SMILES string of the molecule is CC(C)(C)NC(=O)CCn1nnc2cc(S(=O)(=O)N3CCCC3)ccc21. The molecule has 1 amide bonds. The highest BCUT2D eigenvalue weighted by molar-refractivity contribution is 7.89. The van der Waals surface area contributed by atoms with Crippen molar-refractivity contribution in [1.29, 1.82) is 0 Å². The van der Waals surface area contributed by atoms with Gasteiger partial charge in [0, 0.05) is 25.0 Å². The molecule has 142 valence electrons. The zero-order chi connectivity index (χ0) is 18.9. The van der Waals surface area contributed by atoms with Gasteiger partial charge in [0.05, 0.1) is 17.0 Å². The van der Waals surface area contributed by atoms with E-state index in [1.54, 1.807) is 22.9 Å². The van der Waals surface area contributed by atoms with Gasteiger partial charge in [0.15, 0.2) is 0 Å². The molecule has 1 N–H and O–H groups in total. The fourth-order valence-electron chi connectivity index (χ4n) is 3.04. The van der Waals surface area contributed by atoms with Gasteiger partial charge in [-0.2, -0.15) is 4.31 Å². The lowest BCUT2D eigenvalue weighted by Crippen LogP contribution is -2.40. The van der Waals surface area contributed by atoms with E-state index in [1.807, 2.05) is 20.8 Å². The second kappa shape index (κ2) is 6.96. The third-order valence-corrected chi connectivity index (χ3v) is 6.15. The molecule has 26 heavy (non-hydrogen) atoms. The summed E-state index contributed by atoms with van der Waals surface area (Å²) in [5, 5.41) is 11.0. The van der Waals surface area contributed by atoms with Crippen LogP contribution >= 0.6 is 0 Å². The van der Waals surface area contributed by atoms with E-state index in [4.69, 9.17) is 0 Å². The predicted octanol–water partition coefficient (Wildman–Crippen LogP) is 1.52. The van der Waals surface area contributed by atoms with Crippen LogP contribution in [-0.2, 0) is 21.4 Å². The summed E-state index contributed by atoms with van der Waals surface area (Å²) in [5.74, 6) is -0.0608. The Hall–Kier alpha value is -2.00. The molecule has 0 unspecified atom stereocenters. The lowest BCUT2D eigenvalue weighted by Gasteiger charge is -2.20. The third-order valence-electron chi connectivity index (χ3n) is 4.25. The normalized spacial score (nSPS) is 16.3. The van der Waals surface area contributed by atoms with Crippen LogP contribution in [0.2, 0.25) is 0 Å². The number of nitrogens with zero attached hydrogens (tertiary/aromatic N) is 4. The van der Waals surface area contributed by atoms with Crippen LogP contribution in [0.25, 0.3) is 11.0 Å². The molecular formula is C17H25N5O3S. The molecule has 9 heteroatoms. The number of aryl methyl sites for hydroxylation is 1. The second-order valence-corrected chi connectivity index (χ2v) is 9.56. The number of nitrogens with one attached hydrogen (secondary N) is 1. The molecule has 1 aliphatic heterocycles. The van der Waals surface area contributed by atoms with Crippen molar-refractivity contribution in [1.82, 2.24) is 24.6 Å². The molecule has 1 aliphatic rings. The summed E-state index contributed by atoms with van der Waals surface area (Å²) >= 11 is 0. The van der Waals surface area contributed by atoms with Gasteiger partial charge in [-0.05, 0) is 51.8 Å². The minimum Gasteiger partial charge on any atom is -0.351 e. The Morgan fingerprint density at radius 2 is 1.92 bits per heavy atom. The molecule has 1 aromatic heterocycles. The maximum Gasteiger partial charge on any atom is 0.243 e. The maximum absolute atomic E-state index is 12.7. The average molecular weight is 379 g/mol. The molecule has 1 aromatic carbocycles. The van der Waals surface area contributed by atoms with E-state index in [-0.39, 0.29) is 22.8 Å². The molecule has 0 atom stereocenters. The van der Waals surface area contributed by atoms with E-state index in [0.717, 1.165) is 12.8 Å². The number of carbonyl (C=O) groups is 1. The molecule has 8 nitrogen and oxygen atoms in total. The van der Waals surface area contributed by atoms with Crippen molar-refractivity contribution in [3.8, 4) is 0 Å². The van der Waals surface area contributed by atoms with Crippen LogP contribution in [0.5, 0.6) is 0 Å². The molecule has 0 spiro atoms. The Morgan fingerprint density at radius 1 is 1.23 bits per heavy atom. The van der Waals surface area contributed by atoms with Gasteiger partial charge in [-0.25, -0.2) is 13.1 Å². The Morgan fingerprint density at radius 3 is 2.58 bits per heavy atom. The molecule has 0 radical (unpaired) electrons. The van der Waals surface area contributed by atoms with Gasteiger partial charge in [-0.3, -0.25) is 4.79 Å². The quantitative estimate of drug-likeness (QED) is 0.849. The molecule has 0 aliphatic carbocycles. The first-order valence-corrected chi connectivity index (χ1v) is 10.3. The van der Waals surface area contributed by atoms with Crippen LogP contribution in [0.4, 0.5) is 0 Å². The summed E-state index contributed by atoms with van der Waals surface area (Å²) in [6, 6.07) is 4.85. The summed E-state index contributed by atoms with van der Waals surface area (Å²) in [4.78, 5) is 12.2. The van der Waals surface area contributed by atoms with Crippen molar-refractivity contribution in [2.75, 3.05) is 13.1 Å². The molecular weight excluding hydrogens is 354 g/mol. The number of benzene rings is 1. The van der Waals surface area contributed by atoms with Crippen LogP contribution in [0.1, 0.15) is 40.0 Å². The number of sulfonamides is 1. The van der Waals surface area contributed by atoms with Crippen molar-refractivity contribution < 1.29 is 13.2 Å². The monoisotopic (exact) mass is 379 g/mol. The molecule has 1 saturated heterocycles. The van der Waals surface area contributed by atoms with Crippen LogP contribution in [-0.4, -0.2) is 52.3 Å². The minimum absolute atomic E-state index is 0.0608. The van der Waals surface area contributed by atoms with Crippen molar-refractivity contribution >= 4 is 27.0 Å². The zero-order valence-electron chi connectivity index (χ0n) is 15.4. The topological polar surface area (TPSA) is 97.2 Å².